The van der Waals surface area contributed by atoms with E-state index in [1.54, 1.807) is 29.6 Å². The van der Waals surface area contributed by atoms with E-state index in [2.05, 4.69) is 5.32 Å². The minimum Gasteiger partial charge on any atom is -0.394 e. The molecule has 0 radical (unpaired) electrons. The lowest BCUT2D eigenvalue weighted by molar-refractivity contribution is -0.117. The average Bonchev–Trinajstić information content (AvgIpc) is 2.45. The lowest BCUT2D eigenvalue weighted by Gasteiger charge is -2.14. The smallest absolute Gasteiger partial charge is 0.244 e. The van der Waals surface area contributed by atoms with Crippen LogP contribution in [0.25, 0.3) is 6.08 Å². The second-order valence-corrected chi connectivity index (χ2v) is 6.17. The minimum absolute atomic E-state index is 0.0354. The molecule has 104 valence electrons. The first-order valence-corrected chi connectivity index (χ1v) is 8.52. The van der Waals surface area contributed by atoms with Crippen LogP contribution in [-0.2, 0) is 4.79 Å². The van der Waals surface area contributed by atoms with E-state index in [0.717, 1.165) is 16.4 Å². The number of aliphatic hydroxyl groups is 1. The molecule has 1 aromatic rings. The fourth-order valence-electron chi connectivity index (χ4n) is 1.40. The zero-order chi connectivity index (χ0) is 13.9. The first-order chi connectivity index (χ1) is 9.26. The molecular formula is C14H19NO2S2. The predicted molar refractivity (Wildman–Crippen MR) is 85.3 cm³/mol. The Morgan fingerprint density at radius 3 is 2.79 bits per heavy atom. The van der Waals surface area contributed by atoms with Crippen molar-refractivity contribution in [1.82, 2.24) is 5.32 Å². The standard InChI is InChI=1S/C14H19NO2S2/c1-18-11-19-10-13(9-16)15-14(17)8-7-12-5-3-2-4-6-12/h2-8,13,16H,9-11H2,1H3,(H,15,17)/b8-7+/t13-/m1/s1. The van der Waals surface area contributed by atoms with Gasteiger partial charge in [0.1, 0.15) is 0 Å². The Balaban J connectivity index is 2.38. The van der Waals surface area contributed by atoms with E-state index in [1.165, 1.54) is 6.08 Å². The highest BCUT2D eigenvalue weighted by Crippen LogP contribution is 2.09. The number of thioether (sulfide) groups is 2. The van der Waals surface area contributed by atoms with Crippen LogP contribution in [0.15, 0.2) is 36.4 Å². The molecule has 0 bridgehead atoms. The third kappa shape index (κ3) is 7.30. The molecule has 2 N–H and O–H groups in total. The molecule has 0 heterocycles. The number of nitrogens with one attached hydrogen (secondary N) is 1. The summed E-state index contributed by atoms with van der Waals surface area (Å²) >= 11 is 3.44. The molecular weight excluding hydrogens is 278 g/mol. The maximum absolute atomic E-state index is 11.7. The summed E-state index contributed by atoms with van der Waals surface area (Å²) in [6.07, 6.45) is 5.29. The van der Waals surface area contributed by atoms with Crippen molar-refractivity contribution >= 4 is 35.5 Å². The van der Waals surface area contributed by atoms with E-state index < -0.39 is 0 Å². The lowest BCUT2D eigenvalue weighted by Crippen LogP contribution is -2.38. The Kier molecular flexibility index (Phi) is 8.45. The first-order valence-electron chi connectivity index (χ1n) is 5.97. The number of hydrogen-bond acceptors (Lipinski definition) is 4. The Labute approximate surface area is 122 Å². The summed E-state index contributed by atoms with van der Waals surface area (Å²) in [5, 5.41) is 13.0. The van der Waals surface area contributed by atoms with Gasteiger partial charge in [0.25, 0.3) is 0 Å². The summed E-state index contributed by atoms with van der Waals surface area (Å²) in [5.74, 6) is 0.551. The van der Waals surface area contributed by atoms with Gasteiger partial charge in [-0.05, 0) is 17.9 Å². The fraction of sp³-hybridized carbons (Fsp3) is 0.357. The van der Waals surface area contributed by atoms with Crippen LogP contribution in [-0.4, -0.2) is 40.8 Å². The van der Waals surface area contributed by atoms with Gasteiger partial charge in [0.15, 0.2) is 0 Å². The molecule has 0 saturated heterocycles. The van der Waals surface area contributed by atoms with Crippen molar-refractivity contribution in [2.45, 2.75) is 6.04 Å². The van der Waals surface area contributed by atoms with Gasteiger partial charge in [0.2, 0.25) is 5.91 Å². The Morgan fingerprint density at radius 1 is 1.42 bits per heavy atom. The van der Waals surface area contributed by atoms with Gasteiger partial charge in [-0.25, -0.2) is 0 Å². The summed E-state index contributed by atoms with van der Waals surface area (Å²) in [6, 6.07) is 9.45. The molecule has 0 aliphatic carbocycles. The van der Waals surface area contributed by atoms with Crippen LogP contribution in [0.3, 0.4) is 0 Å². The predicted octanol–water partition coefficient (Wildman–Crippen LogP) is 2.23. The van der Waals surface area contributed by atoms with Crippen molar-refractivity contribution in [2.75, 3.05) is 23.7 Å². The largest absolute Gasteiger partial charge is 0.394 e. The molecule has 0 spiro atoms. The average molecular weight is 297 g/mol. The monoisotopic (exact) mass is 297 g/mol. The van der Waals surface area contributed by atoms with E-state index in [9.17, 15) is 9.90 Å². The van der Waals surface area contributed by atoms with Crippen LogP contribution in [0.5, 0.6) is 0 Å². The third-order valence-electron chi connectivity index (χ3n) is 2.31. The number of rotatable bonds is 8. The molecule has 19 heavy (non-hydrogen) atoms. The molecule has 1 rings (SSSR count). The zero-order valence-corrected chi connectivity index (χ0v) is 12.5. The van der Waals surface area contributed by atoms with E-state index in [0.29, 0.717) is 0 Å². The van der Waals surface area contributed by atoms with Crippen molar-refractivity contribution in [1.29, 1.82) is 0 Å². The van der Waals surface area contributed by atoms with Gasteiger partial charge >= 0.3 is 0 Å². The summed E-state index contributed by atoms with van der Waals surface area (Å²) in [7, 11) is 0. The molecule has 1 amide bonds. The second kappa shape index (κ2) is 9.95. The van der Waals surface area contributed by atoms with Gasteiger partial charge in [-0.3, -0.25) is 4.79 Å². The molecule has 1 aromatic carbocycles. The normalized spacial score (nSPS) is 12.5. The van der Waals surface area contributed by atoms with Gasteiger partial charge in [-0.1, -0.05) is 30.3 Å². The Hall–Kier alpha value is -0.910. The molecule has 1 atom stereocenters. The maximum atomic E-state index is 11.7. The van der Waals surface area contributed by atoms with Gasteiger partial charge in [0.05, 0.1) is 12.6 Å². The van der Waals surface area contributed by atoms with Crippen LogP contribution < -0.4 is 5.32 Å². The van der Waals surface area contributed by atoms with Crippen LogP contribution >= 0.6 is 23.5 Å². The van der Waals surface area contributed by atoms with E-state index in [1.807, 2.05) is 36.6 Å². The number of amides is 1. The zero-order valence-electron chi connectivity index (χ0n) is 10.9. The number of carbonyl (C=O) groups excluding carboxylic acids is 1. The lowest BCUT2D eigenvalue weighted by atomic mass is 10.2. The number of benzene rings is 1. The number of hydrogen-bond donors (Lipinski definition) is 2. The number of aliphatic hydroxyl groups excluding tert-OH is 1. The minimum atomic E-state index is -0.190. The molecule has 5 heteroatoms. The molecule has 0 aliphatic rings. The van der Waals surface area contributed by atoms with Crippen molar-refractivity contribution in [3.8, 4) is 0 Å². The Bertz CT molecular complexity index is 396. The van der Waals surface area contributed by atoms with Crippen molar-refractivity contribution in [3.05, 3.63) is 42.0 Å². The second-order valence-electron chi connectivity index (χ2n) is 3.91. The fourth-order valence-corrected chi connectivity index (χ4v) is 2.92. The summed E-state index contributed by atoms with van der Waals surface area (Å²) in [6.45, 7) is -0.0354. The first kappa shape index (κ1) is 16.1. The summed E-state index contributed by atoms with van der Waals surface area (Å²) in [4.78, 5) is 11.7. The highest BCUT2D eigenvalue weighted by atomic mass is 32.2. The van der Waals surface area contributed by atoms with Gasteiger partial charge in [-0.2, -0.15) is 11.8 Å². The summed E-state index contributed by atoms with van der Waals surface area (Å²) in [5.41, 5.74) is 0.981. The number of carbonyl (C=O) groups is 1. The van der Waals surface area contributed by atoms with Crippen LogP contribution in [0.4, 0.5) is 0 Å². The van der Waals surface area contributed by atoms with Crippen molar-refractivity contribution in [2.24, 2.45) is 0 Å². The van der Waals surface area contributed by atoms with E-state index in [4.69, 9.17) is 0 Å². The van der Waals surface area contributed by atoms with E-state index >= 15 is 0 Å². The molecule has 0 unspecified atom stereocenters. The molecule has 0 saturated carbocycles. The van der Waals surface area contributed by atoms with Gasteiger partial charge in [0, 0.05) is 16.9 Å². The molecule has 0 aliphatic heterocycles. The molecule has 0 fully saturated rings. The highest BCUT2D eigenvalue weighted by Gasteiger charge is 2.09. The topological polar surface area (TPSA) is 49.3 Å². The van der Waals surface area contributed by atoms with Gasteiger partial charge < -0.3 is 10.4 Å². The van der Waals surface area contributed by atoms with Gasteiger partial charge in [-0.15, -0.1) is 11.8 Å². The van der Waals surface area contributed by atoms with E-state index in [-0.39, 0.29) is 18.6 Å². The Morgan fingerprint density at radius 2 is 2.16 bits per heavy atom. The SMILES string of the molecule is CSCSC[C@@H](CO)NC(=O)/C=C/c1ccccc1. The van der Waals surface area contributed by atoms with Crippen LogP contribution in [0.2, 0.25) is 0 Å². The quantitative estimate of drug-likeness (QED) is 0.439. The molecule has 0 aromatic heterocycles. The van der Waals surface area contributed by atoms with Crippen molar-refractivity contribution < 1.29 is 9.90 Å². The van der Waals surface area contributed by atoms with Crippen molar-refractivity contribution in [3.63, 3.8) is 0 Å². The van der Waals surface area contributed by atoms with Crippen LogP contribution in [0.1, 0.15) is 5.56 Å². The highest BCUT2D eigenvalue weighted by molar-refractivity contribution is 8.15. The maximum Gasteiger partial charge on any atom is 0.244 e. The van der Waals surface area contributed by atoms with Crippen LogP contribution in [0, 0.1) is 0 Å². The molecule has 3 nitrogen and oxygen atoms in total. The summed E-state index contributed by atoms with van der Waals surface area (Å²) < 4.78 is 0. The third-order valence-corrected chi connectivity index (χ3v) is 4.56.